The maximum Gasteiger partial charge on any atom is 0.228 e. The van der Waals surface area contributed by atoms with Crippen molar-refractivity contribution in [2.24, 2.45) is 0 Å². The van der Waals surface area contributed by atoms with E-state index < -0.39 is 0 Å². The van der Waals surface area contributed by atoms with Gasteiger partial charge in [-0.15, -0.1) is 11.8 Å². The number of nitrogens with zero attached hydrogens (tertiary/aromatic N) is 2. The van der Waals surface area contributed by atoms with Crippen LogP contribution in [0.2, 0.25) is 5.02 Å². The van der Waals surface area contributed by atoms with E-state index >= 15 is 0 Å². The van der Waals surface area contributed by atoms with E-state index in [0.29, 0.717) is 13.0 Å². The number of thioether (sulfide) groups is 1. The van der Waals surface area contributed by atoms with Crippen LogP contribution in [0.5, 0.6) is 5.75 Å². The number of hydrogen-bond acceptors (Lipinski definition) is 6. The van der Waals surface area contributed by atoms with E-state index in [1.54, 1.807) is 18.9 Å². The van der Waals surface area contributed by atoms with Crippen molar-refractivity contribution in [3.63, 3.8) is 0 Å². The molecule has 1 fully saturated rings. The molecule has 1 atom stereocenters. The molecular formula is C23H25ClN2O3S2. The second kappa shape index (κ2) is 10.7. The van der Waals surface area contributed by atoms with Crippen molar-refractivity contribution in [3.8, 4) is 5.75 Å². The molecule has 1 unspecified atom stereocenters. The molecule has 0 bridgehead atoms. The fourth-order valence-electron chi connectivity index (χ4n) is 3.49. The molecule has 0 spiro atoms. The molecule has 1 amide bonds. The van der Waals surface area contributed by atoms with Crippen LogP contribution in [0.4, 0.5) is 5.13 Å². The second-order valence-electron chi connectivity index (χ2n) is 7.38. The third kappa shape index (κ3) is 5.92. The lowest BCUT2D eigenvalue weighted by Gasteiger charge is -2.23. The van der Waals surface area contributed by atoms with Gasteiger partial charge in [0, 0.05) is 22.9 Å². The summed E-state index contributed by atoms with van der Waals surface area (Å²) in [5, 5.41) is 1.46. The highest BCUT2D eigenvalue weighted by Crippen LogP contribution is 2.33. The summed E-state index contributed by atoms with van der Waals surface area (Å²) < 4.78 is 12.1. The highest BCUT2D eigenvalue weighted by Gasteiger charge is 2.26. The van der Waals surface area contributed by atoms with Gasteiger partial charge in [0.05, 0.1) is 30.0 Å². The number of hydrogen-bond donors (Lipinski definition) is 0. The number of aromatic nitrogens is 1. The van der Waals surface area contributed by atoms with Gasteiger partial charge < -0.3 is 9.47 Å². The maximum absolute atomic E-state index is 13.2. The van der Waals surface area contributed by atoms with Crippen LogP contribution in [-0.2, 0) is 9.53 Å². The lowest BCUT2D eigenvalue weighted by Crippen LogP contribution is -2.37. The number of ether oxygens (including phenoxy) is 2. The standard InChI is InChI=1S/C23H25ClN2O3S2/c1-28-17-8-11-20-21(14-17)31-23(25-20)26(15-18-4-2-12-29-18)22(27)5-3-13-30-19-9-6-16(24)7-10-19/h6-11,14,18H,2-5,12-13,15H2,1H3. The molecule has 5 nitrogen and oxygen atoms in total. The first-order chi connectivity index (χ1) is 15.1. The van der Waals surface area contributed by atoms with E-state index in [4.69, 9.17) is 26.1 Å². The van der Waals surface area contributed by atoms with E-state index in [1.807, 2.05) is 47.4 Å². The summed E-state index contributed by atoms with van der Waals surface area (Å²) in [5.74, 6) is 1.76. The molecule has 8 heteroatoms. The SMILES string of the molecule is COc1ccc2nc(N(CC3CCCO3)C(=O)CCCSc3ccc(Cl)cc3)sc2c1. The number of amides is 1. The Bertz CT molecular complexity index is 1020. The van der Waals surface area contributed by atoms with Gasteiger partial charge in [-0.1, -0.05) is 22.9 Å². The predicted molar refractivity (Wildman–Crippen MR) is 129 cm³/mol. The van der Waals surface area contributed by atoms with E-state index in [0.717, 1.165) is 62.6 Å². The van der Waals surface area contributed by atoms with Crippen molar-refractivity contribution >= 4 is 56.0 Å². The van der Waals surface area contributed by atoms with Crippen LogP contribution in [0, 0.1) is 0 Å². The van der Waals surface area contributed by atoms with Gasteiger partial charge >= 0.3 is 0 Å². The number of thiazole rings is 1. The van der Waals surface area contributed by atoms with Crippen LogP contribution in [0.3, 0.4) is 0 Å². The number of benzene rings is 2. The van der Waals surface area contributed by atoms with Crippen molar-refractivity contribution in [2.45, 2.75) is 36.7 Å². The predicted octanol–water partition coefficient (Wildman–Crippen LogP) is 6.04. The Labute approximate surface area is 195 Å². The van der Waals surface area contributed by atoms with E-state index in [2.05, 4.69) is 0 Å². The maximum atomic E-state index is 13.2. The second-order valence-corrected chi connectivity index (χ2v) is 9.99. The zero-order valence-corrected chi connectivity index (χ0v) is 19.8. The molecule has 0 N–H and O–H groups in total. The van der Waals surface area contributed by atoms with Gasteiger partial charge in [0.2, 0.25) is 5.91 Å². The summed E-state index contributed by atoms with van der Waals surface area (Å²) in [6, 6.07) is 13.6. The Hall–Kier alpha value is -1.80. The molecule has 0 radical (unpaired) electrons. The molecule has 2 aromatic carbocycles. The van der Waals surface area contributed by atoms with Crippen molar-refractivity contribution in [1.29, 1.82) is 0 Å². The molecule has 3 aromatic rings. The molecule has 1 aromatic heterocycles. The van der Waals surface area contributed by atoms with Crippen LogP contribution in [0.25, 0.3) is 10.2 Å². The summed E-state index contributed by atoms with van der Waals surface area (Å²) in [6.07, 6.45) is 3.38. The fourth-order valence-corrected chi connectivity index (χ4v) is 5.49. The van der Waals surface area contributed by atoms with Gasteiger partial charge in [0.25, 0.3) is 0 Å². The van der Waals surface area contributed by atoms with Gasteiger partial charge in [0.1, 0.15) is 5.75 Å². The summed E-state index contributed by atoms with van der Waals surface area (Å²) in [6.45, 7) is 1.32. The normalized spacial score (nSPS) is 16.0. The van der Waals surface area contributed by atoms with E-state index in [-0.39, 0.29) is 12.0 Å². The van der Waals surface area contributed by atoms with Crippen LogP contribution >= 0.6 is 34.7 Å². The first-order valence-corrected chi connectivity index (χ1v) is 12.6. The van der Waals surface area contributed by atoms with Crippen LogP contribution in [0.15, 0.2) is 47.4 Å². The fraction of sp³-hybridized carbons (Fsp3) is 0.391. The van der Waals surface area contributed by atoms with Gasteiger partial charge in [-0.3, -0.25) is 9.69 Å². The third-order valence-corrected chi connectivity index (χ3v) is 7.54. The smallest absolute Gasteiger partial charge is 0.228 e. The van der Waals surface area contributed by atoms with Crippen LogP contribution < -0.4 is 9.64 Å². The lowest BCUT2D eigenvalue weighted by molar-refractivity contribution is -0.119. The van der Waals surface area contributed by atoms with Gasteiger partial charge in [0.15, 0.2) is 5.13 Å². The Morgan fingerprint density at radius 3 is 2.90 bits per heavy atom. The highest BCUT2D eigenvalue weighted by molar-refractivity contribution is 7.99. The quantitative estimate of drug-likeness (QED) is 0.278. The molecular weight excluding hydrogens is 452 g/mol. The van der Waals surface area contributed by atoms with Crippen LogP contribution in [-0.4, -0.2) is 43.0 Å². The number of methoxy groups -OCH3 is 1. The molecule has 0 saturated carbocycles. The van der Waals surface area contributed by atoms with Gasteiger partial charge in [-0.2, -0.15) is 0 Å². The average molecular weight is 477 g/mol. The zero-order valence-electron chi connectivity index (χ0n) is 17.4. The van der Waals surface area contributed by atoms with Gasteiger partial charge in [-0.25, -0.2) is 4.98 Å². The molecule has 31 heavy (non-hydrogen) atoms. The summed E-state index contributed by atoms with van der Waals surface area (Å²) in [4.78, 5) is 20.9. The van der Waals surface area contributed by atoms with Crippen molar-refractivity contribution in [3.05, 3.63) is 47.5 Å². The minimum atomic E-state index is 0.0777. The Morgan fingerprint density at radius 2 is 2.16 bits per heavy atom. The number of fused-ring (bicyclic) bond motifs is 1. The van der Waals surface area contributed by atoms with Crippen LogP contribution in [0.1, 0.15) is 25.7 Å². The first-order valence-electron chi connectivity index (χ1n) is 10.4. The molecule has 1 saturated heterocycles. The monoisotopic (exact) mass is 476 g/mol. The number of rotatable bonds is 9. The molecule has 1 aliphatic rings. The lowest BCUT2D eigenvalue weighted by atomic mass is 10.2. The molecule has 2 heterocycles. The summed E-state index contributed by atoms with van der Waals surface area (Å²) in [7, 11) is 1.65. The van der Waals surface area contributed by atoms with Crippen molar-refractivity contribution in [1.82, 2.24) is 4.98 Å². The zero-order chi connectivity index (χ0) is 21.6. The number of halogens is 1. The average Bonchev–Trinajstić information content (AvgIpc) is 3.45. The first kappa shape index (κ1) is 22.4. The summed E-state index contributed by atoms with van der Waals surface area (Å²) >= 11 is 9.21. The highest BCUT2D eigenvalue weighted by atomic mass is 35.5. The third-order valence-electron chi connectivity index (χ3n) is 5.14. The minimum absolute atomic E-state index is 0.0777. The van der Waals surface area contributed by atoms with Crippen molar-refractivity contribution < 1.29 is 14.3 Å². The molecule has 4 rings (SSSR count). The molecule has 164 valence electrons. The Morgan fingerprint density at radius 1 is 1.32 bits per heavy atom. The largest absolute Gasteiger partial charge is 0.497 e. The number of carbonyl (C=O) groups is 1. The number of carbonyl (C=O) groups excluding carboxylic acids is 1. The van der Waals surface area contributed by atoms with E-state index in [9.17, 15) is 4.79 Å². The number of anilines is 1. The minimum Gasteiger partial charge on any atom is -0.497 e. The van der Waals surface area contributed by atoms with E-state index in [1.165, 1.54) is 11.3 Å². The van der Waals surface area contributed by atoms with Gasteiger partial charge in [-0.05, 0) is 67.5 Å². The molecule has 1 aliphatic heterocycles. The Balaban J connectivity index is 1.42. The molecule has 0 aliphatic carbocycles. The van der Waals surface area contributed by atoms with Crippen molar-refractivity contribution in [2.75, 3.05) is 30.9 Å². The topological polar surface area (TPSA) is 51.7 Å². The Kier molecular flexibility index (Phi) is 7.72. The summed E-state index contributed by atoms with van der Waals surface area (Å²) in [5.41, 5.74) is 0.879.